The fourth-order valence-corrected chi connectivity index (χ4v) is 2.38. The quantitative estimate of drug-likeness (QED) is 0.682. The lowest BCUT2D eigenvalue weighted by Gasteiger charge is -2.35. The Labute approximate surface area is 88.5 Å². The topological polar surface area (TPSA) is 43.6 Å². The molecule has 0 unspecified atom stereocenters. The number of nitrogens with one attached hydrogen (secondary N) is 1. The summed E-state index contributed by atoms with van der Waals surface area (Å²) in [5.74, 6) is 1.07. The van der Waals surface area contributed by atoms with Crippen LogP contribution >= 0.6 is 0 Å². The number of hydrogen-bond donors (Lipinski definition) is 1. The summed E-state index contributed by atoms with van der Waals surface area (Å²) in [6.07, 6.45) is 2.70. The van der Waals surface area contributed by atoms with E-state index in [1.807, 2.05) is 6.07 Å². The first-order chi connectivity index (χ1) is 7.41. The summed E-state index contributed by atoms with van der Waals surface area (Å²) in [7, 11) is 0. The van der Waals surface area contributed by atoms with E-state index in [-0.39, 0.29) is 5.54 Å². The molecule has 1 saturated heterocycles. The highest BCUT2D eigenvalue weighted by atomic mass is 16.5. The van der Waals surface area contributed by atoms with Gasteiger partial charge in [-0.15, -0.1) is 0 Å². The molecule has 0 radical (unpaired) electrons. The summed E-state index contributed by atoms with van der Waals surface area (Å²) in [6.45, 7) is 3.61. The van der Waals surface area contributed by atoms with Crippen molar-refractivity contribution in [2.24, 2.45) is 0 Å². The SMILES string of the molecule is c1cc2c(o1)CCNC21COCCOC1. The normalized spacial score (nSPS) is 24.8. The molecule has 4 heteroatoms. The molecular formula is C11H15NO3. The van der Waals surface area contributed by atoms with Gasteiger partial charge in [0.15, 0.2) is 0 Å². The summed E-state index contributed by atoms with van der Waals surface area (Å²) >= 11 is 0. The van der Waals surface area contributed by atoms with Crippen LogP contribution in [0, 0.1) is 0 Å². The standard InChI is InChI=1S/C11H15NO3/c1-3-12-11(7-13-5-6-14-8-11)9-2-4-15-10(1)9/h2,4,12H,1,3,5-8H2. The summed E-state index contributed by atoms with van der Waals surface area (Å²) in [4.78, 5) is 0. The zero-order valence-corrected chi connectivity index (χ0v) is 8.62. The Balaban J connectivity index is 1.98. The molecule has 0 aromatic carbocycles. The molecule has 2 aliphatic heterocycles. The number of ether oxygens (including phenoxy) is 2. The second-order valence-electron chi connectivity index (χ2n) is 4.12. The molecular weight excluding hydrogens is 194 g/mol. The smallest absolute Gasteiger partial charge is 0.110 e. The van der Waals surface area contributed by atoms with Crippen molar-refractivity contribution in [2.75, 3.05) is 33.0 Å². The monoisotopic (exact) mass is 209 g/mol. The van der Waals surface area contributed by atoms with Gasteiger partial charge in [-0.3, -0.25) is 0 Å². The van der Waals surface area contributed by atoms with Crippen LogP contribution < -0.4 is 5.32 Å². The van der Waals surface area contributed by atoms with Crippen molar-refractivity contribution in [3.05, 3.63) is 23.7 Å². The third kappa shape index (κ3) is 1.49. The lowest BCUT2D eigenvalue weighted by Crippen LogP contribution is -2.52. The minimum absolute atomic E-state index is 0.183. The molecule has 2 aliphatic rings. The van der Waals surface area contributed by atoms with Gasteiger partial charge < -0.3 is 19.2 Å². The average Bonchev–Trinajstić information content (AvgIpc) is 2.62. The molecule has 0 atom stereocenters. The van der Waals surface area contributed by atoms with E-state index in [4.69, 9.17) is 13.9 Å². The van der Waals surface area contributed by atoms with E-state index in [0.29, 0.717) is 26.4 Å². The van der Waals surface area contributed by atoms with Crippen LogP contribution in [-0.4, -0.2) is 33.0 Å². The Bertz CT molecular complexity index is 339. The Hall–Kier alpha value is -0.840. The molecule has 3 rings (SSSR count). The summed E-state index contributed by atoms with van der Waals surface area (Å²) in [5.41, 5.74) is 1.02. The highest BCUT2D eigenvalue weighted by molar-refractivity contribution is 5.30. The molecule has 0 saturated carbocycles. The fraction of sp³-hybridized carbons (Fsp3) is 0.636. The van der Waals surface area contributed by atoms with Crippen molar-refractivity contribution in [1.29, 1.82) is 0 Å². The lowest BCUT2D eigenvalue weighted by molar-refractivity contribution is 0.0781. The Kier molecular flexibility index (Phi) is 2.27. The van der Waals surface area contributed by atoms with Gasteiger partial charge in [-0.25, -0.2) is 0 Å². The number of hydrogen-bond acceptors (Lipinski definition) is 4. The second-order valence-corrected chi connectivity index (χ2v) is 4.12. The van der Waals surface area contributed by atoms with E-state index in [1.54, 1.807) is 6.26 Å². The molecule has 1 N–H and O–H groups in total. The molecule has 0 aliphatic carbocycles. The summed E-state index contributed by atoms with van der Waals surface area (Å²) in [6, 6.07) is 2.03. The number of furan rings is 1. The maximum absolute atomic E-state index is 5.58. The maximum atomic E-state index is 5.58. The van der Waals surface area contributed by atoms with Crippen LogP contribution in [0.2, 0.25) is 0 Å². The highest BCUT2D eigenvalue weighted by Gasteiger charge is 2.39. The first kappa shape index (κ1) is 9.39. The Morgan fingerprint density at radius 3 is 2.80 bits per heavy atom. The molecule has 3 heterocycles. The first-order valence-electron chi connectivity index (χ1n) is 5.38. The van der Waals surface area contributed by atoms with Gasteiger partial charge in [0.1, 0.15) is 5.76 Å². The summed E-state index contributed by atoms with van der Waals surface area (Å²) in [5, 5.41) is 3.51. The van der Waals surface area contributed by atoms with Gasteiger partial charge in [0.2, 0.25) is 0 Å². The van der Waals surface area contributed by atoms with Crippen LogP contribution in [0.1, 0.15) is 11.3 Å². The molecule has 1 fully saturated rings. The Morgan fingerprint density at radius 2 is 2.00 bits per heavy atom. The van der Waals surface area contributed by atoms with E-state index in [9.17, 15) is 0 Å². The predicted octanol–water partition coefficient (Wildman–Crippen LogP) is 0.667. The van der Waals surface area contributed by atoms with Crippen LogP contribution in [0.5, 0.6) is 0 Å². The van der Waals surface area contributed by atoms with Crippen LogP contribution in [-0.2, 0) is 21.4 Å². The minimum atomic E-state index is -0.183. The molecule has 15 heavy (non-hydrogen) atoms. The van der Waals surface area contributed by atoms with E-state index in [1.165, 1.54) is 5.56 Å². The number of fused-ring (bicyclic) bond motifs is 2. The summed E-state index contributed by atoms with van der Waals surface area (Å²) < 4.78 is 16.6. The predicted molar refractivity (Wildman–Crippen MR) is 53.7 cm³/mol. The van der Waals surface area contributed by atoms with Crippen molar-refractivity contribution in [1.82, 2.24) is 5.32 Å². The van der Waals surface area contributed by atoms with Gasteiger partial charge in [-0.05, 0) is 6.07 Å². The molecule has 1 aromatic rings. The van der Waals surface area contributed by atoms with Crippen LogP contribution in [0.4, 0.5) is 0 Å². The molecule has 4 nitrogen and oxygen atoms in total. The minimum Gasteiger partial charge on any atom is -0.469 e. The fourth-order valence-electron chi connectivity index (χ4n) is 2.38. The van der Waals surface area contributed by atoms with Crippen molar-refractivity contribution in [3.63, 3.8) is 0 Å². The van der Waals surface area contributed by atoms with Crippen molar-refractivity contribution in [2.45, 2.75) is 12.0 Å². The molecule has 82 valence electrons. The molecule has 0 bridgehead atoms. The first-order valence-corrected chi connectivity index (χ1v) is 5.38. The van der Waals surface area contributed by atoms with Gasteiger partial charge in [0.25, 0.3) is 0 Å². The highest BCUT2D eigenvalue weighted by Crippen LogP contribution is 2.31. The van der Waals surface area contributed by atoms with Crippen LogP contribution in [0.3, 0.4) is 0 Å². The van der Waals surface area contributed by atoms with Gasteiger partial charge in [-0.2, -0.15) is 0 Å². The van der Waals surface area contributed by atoms with E-state index in [0.717, 1.165) is 18.7 Å². The third-order valence-corrected chi connectivity index (χ3v) is 3.15. The zero-order chi connectivity index (χ0) is 10.1. The van der Waals surface area contributed by atoms with Gasteiger partial charge >= 0.3 is 0 Å². The Morgan fingerprint density at radius 1 is 1.20 bits per heavy atom. The van der Waals surface area contributed by atoms with E-state index >= 15 is 0 Å². The molecule has 0 amide bonds. The van der Waals surface area contributed by atoms with Gasteiger partial charge in [0.05, 0.1) is 38.2 Å². The van der Waals surface area contributed by atoms with Crippen molar-refractivity contribution < 1.29 is 13.9 Å². The van der Waals surface area contributed by atoms with Gasteiger partial charge in [0, 0.05) is 18.5 Å². The van der Waals surface area contributed by atoms with E-state index in [2.05, 4.69) is 5.32 Å². The molecule has 1 spiro atoms. The molecule has 1 aromatic heterocycles. The van der Waals surface area contributed by atoms with Crippen LogP contribution in [0.15, 0.2) is 16.7 Å². The largest absolute Gasteiger partial charge is 0.469 e. The van der Waals surface area contributed by atoms with Crippen LogP contribution in [0.25, 0.3) is 0 Å². The zero-order valence-electron chi connectivity index (χ0n) is 8.62. The number of rotatable bonds is 0. The van der Waals surface area contributed by atoms with Crippen molar-refractivity contribution in [3.8, 4) is 0 Å². The lowest BCUT2D eigenvalue weighted by atomic mass is 9.88. The van der Waals surface area contributed by atoms with E-state index < -0.39 is 0 Å². The van der Waals surface area contributed by atoms with Crippen molar-refractivity contribution >= 4 is 0 Å². The third-order valence-electron chi connectivity index (χ3n) is 3.15. The second kappa shape index (κ2) is 3.63. The van der Waals surface area contributed by atoms with Gasteiger partial charge in [-0.1, -0.05) is 0 Å². The maximum Gasteiger partial charge on any atom is 0.110 e. The average molecular weight is 209 g/mol.